The molecule has 0 aromatic carbocycles. The molecule has 0 aliphatic heterocycles. The lowest BCUT2D eigenvalue weighted by molar-refractivity contribution is 0.492. The van der Waals surface area contributed by atoms with Crippen LogP contribution in [-0.2, 0) is 13.0 Å². The summed E-state index contributed by atoms with van der Waals surface area (Å²) in [5.41, 5.74) is 0.888. The van der Waals surface area contributed by atoms with E-state index in [9.17, 15) is 0 Å². The van der Waals surface area contributed by atoms with Crippen LogP contribution in [0, 0.1) is 0 Å². The fourth-order valence-electron chi connectivity index (χ4n) is 1.53. The Labute approximate surface area is 94.7 Å². The molecule has 0 aliphatic carbocycles. The van der Waals surface area contributed by atoms with Crippen LogP contribution in [0.1, 0.15) is 25.3 Å². The molecule has 2 rings (SSSR count). The van der Waals surface area contributed by atoms with Crippen LogP contribution in [0.25, 0.3) is 11.5 Å². The molecule has 4 heteroatoms. The van der Waals surface area contributed by atoms with E-state index < -0.39 is 0 Å². The average molecular weight is 220 g/mol. The molecule has 0 amide bonds. The van der Waals surface area contributed by atoms with Crippen molar-refractivity contribution in [2.24, 2.45) is 0 Å². The highest BCUT2D eigenvalue weighted by Crippen LogP contribution is 2.25. The van der Waals surface area contributed by atoms with Gasteiger partial charge in [-0.3, -0.25) is 0 Å². The Balaban J connectivity index is 2.22. The zero-order chi connectivity index (χ0) is 11.4. The molecule has 2 heterocycles. The lowest BCUT2D eigenvalue weighted by Crippen LogP contribution is -2.12. The van der Waals surface area contributed by atoms with Crippen LogP contribution >= 0.6 is 0 Å². The fraction of sp³-hybridized carbons (Fsp3) is 0.417. The third-order valence-corrected chi connectivity index (χ3v) is 2.42. The lowest BCUT2D eigenvalue weighted by Gasteiger charge is -1.99. The standard InChI is InChI=1S/C12H16N2O2/c1-3-9-5-6-11(16-9)12-10(7-13-4-2)14-8-15-12/h5-6,8,13H,3-4,7H2,1-2H3. The summed E-state index contributed by atoms with van der Waals surface area (Å²) < 4.78 is 11.0. The van der Waals surface area contributed by atoms with Crippen molar-refractivity contribution in [1.29, 1.82) is 0 Å². The number of aromatic nitrogens is 1. The normalized spacial score (nSPS) is 10.9. The van der Waals surface area contributed by atoms with Crippen molar-refractivity contribution in [2.45, 2.75) is 26.8 Å². The summed E-state index contributed by atoms with van der Waals surface area (Å²) in [7, 11) is 0. The van der Waals surface area contributed by atoms with Gasteiger partial charge in [-0.1, -0.05) is 13.8 Å². The topological polar surface area (TPSA) is 51.2 Å². The number of hydrogen-bond acceptors (Lipinski definition) is 4. The summed E-state index contributed by atoms with van der Waals surface area (Å²) in [6.45, 7) is 5.72. The first kappa shape index (κ1) is 11.0. The minimum atomic E-state index is 0.699. The van der Waals surface area contributed by atoms with Gasteiger partial charge in [-0.05, 0) is 18.7 Å². The van der Waals surface area contributed by atoms with Gasteiger partial charge in [0.1, 0.15) is 11.5 Å². The summed E-state index contributed by atoms with van der Waals surface area (Å²) >= 11 is 0. The average Bonchev–Trinajstić information content (AvgIpc) is 2.94. The van der Waals surface area contributed by atoms with Crippen LogP contribution in [0.3, 0.4) is 0 Å². The van der Waals surface area contributed by atoms with Crippen molar-refractivity contribution >= 4 is 0 Å². The molecule has 1 N–H and O–H groups in total. The predicted octanol–water partition coefficient (Wildman–Crippen LogP) is 2.61. The molecule has 0 saturated carbocycles. The first-order valence-electron chi connectivity index (χ1n) is 5.57. The van der Waals surface area contributed by atoms with E-state index in [-0.39, 0.29) is 0 Å². The van der Waals surface area contributed by atoms with E-state index in [1.54, 1.807) is 0 Å². The number of nitrogens with one attached hydrogen (secondary N) is 1. The Morgan fingerprint density at radius 2 is 2.19 bits per heavy atom. The predicted molar refractivity (Wildman–Crippen MR) is 61.0 cm³/mol. The van der Waals surface area contributed by atoms with Gasteiger partial charge in [-0.2, -0.15) is 0 Å². The van der Waals surface area contributed by atoms with Crippen LogP contribution in [-0.4, -0.2) is 11.5 Å². The van der Waals surface area contributed by atoms with E-state index in [0.29, 0.717) is 6.54 Å². The zero-order valence-electron chi connectivity index (χ0n) is 9.62. The maximum atomic E-state index is 5.64. The maximum absolute atomic E-state index is 5.64. The Morgan fingerprint density at radius 3 is 2.88 bits per heavy atom. The first-order chi connectivity index (χ1) is 7.85. The molecular formula is C12H16N2O2. The second-order valence-corrected chi connectivity index (χ2v) is 3.53. The van der Waals surface area contributed by atoms with Gasteiger partial charge in [0.25, 0.3) is 0 Å². The summed E-state index contributed by atoms with van der Waals surface area (Å²) in [6, 6.07) is 3.89. The number of aryl methyl sites for hydroxylation is 1. The summed E-state index contributed by atoms with van der Waals surface area (Å²) in [5, 5.41) is 3.22. The zero-order valence-corrected chi connectivity index (χ0v) is 9.62. The highest BCUT2D eigenvalue weighted by atomic mass is 16.4. The summed E-state index contributed by atoms with van der Waals surface area (Å²) in [4.78, 5) is 4.18. The molecule has 86 valence electrons. The summed E-state index contributed by atoms with van der Waals surface area (Å²) in [5.74, 6) is 2.43. The molecule has 0 bridgehead atoms. The van der Waals surface area contributed by atoms with Crippen LogP contribution in [0.15, 0.2) is 27.4 Å². The first-order valence-corrected chi connectivity index (χ1v) is 5.57. The van der Waals surface area contributed by atoms with Crippen LogP contribution < -0.4 is 5.32 Å². The number of oxazole rings is 1. The van der Waals surface area contributed by atoms with Crippen molar-refractivity contribution in [3.63, 3.8) is 0 Å². The molecule has 4 nitrogen and oxygen atoms in total. The van der Waals surface area contributed by atoms with Crippen molar-refractivity contribution < 1.29 is 8.83 Å². The second kappa shape index (κ2) is 4.99. The smallest absolute Gasteiger partial charge is 0.194 e. The van der Waals surface area contributed by atoms with Gasteiger partial charge in [0.2, 0.25) is 0 Å². The minimum Gasteiger partial charge on any atom is -0.458 e. The third kappa shape index (κ3) is 2.17. The Morgan fingerprint density at radius 1 is 1.31 bits per heavy atom. The van der Waals surface area contributed by atoms with Crippen LogP contribution in [0.2, 0.25) is 0 Å². The molecule has 16 heavy (non-hydrogen) atoms. The number of rotatable bonds is 5. The van der Waals surface area contributed by atoms with Gasteiger partial charge < -0.3 is 14.2 Å². The Bertz CT molecular complexity index is 445. The molecule has 0 radical (unpaired) electrons. The van der Waals surface area contributed by atoms with E-state index in [1.807, 2.05) is 12.1 Å². The van der Waals surface area contributed by atoms with E-state index in [4.69, 9.17) is 8.83 Å². The number of nitrogens with zero attached hydrogens (tertiary/aromatic N) is 1. The maximum Gasteiger partial charge on any atom is 0.194 e. The molecule has 0 atom stereocenters. The van der Waals surface area contributed by atoms with Gasteiger partial charge in [0.05, 0.1) is 0 Å². The molecule has 2 aromatic heterocycles. The van der Waals surface area contributed by atoms with Gasteiger partial charge in [-0.15, -0.1) is 0 Å². The van der Waals surface area contributed by atoms with E-state index in [2.05, 4.69) is 24.1 Å². The van der Waals surface area contributed by atoms with Crippen molar-refractivity contribution in [3.05, 3.63) is 30.0 Å². The fourth-order valence-corrected chi connectivity index (χ4v) is 1.53. The molecule has 0 spiro atoms. The molecule has 0 fully saturated rings. The van der Waals surface area contributed by atoms with Gasteiger partial charge >= 0.3 is 0 Å². The number of hydrogen-bond donors (Lipinski definition) is 1. The van der Waals surface area contributed by atoms with E-state index in [0.717, 1.165) is 35.9 Å². The monoisotopic (exact) mass is 220 g/mol. The van der Waals surface area contributed by atoms with Crippen molar-refractivity contribution in [1.82, 2.24) is 10.3 Å². The van der Waals surface area contributed by atoms with Gasteiger partial charge in [0, 0.05) is 13.0 Å². The lowest BCUT2D eigenvalue weighted by atomic mass is 10.3. The molecule has 2 aromatic rings. The van der Waals surface area contributed by atoms with Gasteiger partial charge in [-0.25, -0.2) is 4.98 Å². The summed E-state index contributed by atoms with van der Waals surface area (Å²) in [6.07, 6.45) is 2.34. The highest BCUT2D eigenvalue weighted by molar-refractivity contribution is 5.53. The molecular weight excluding hydrogens is 204 g/mol. The second-order valence-electron chi connectivity index (χ2n) is 3.53. The molecule has 0 aliphatic rings. The minimum absolute atomic E-state index is 0.699. The van der Waals surface area contributed by atoms with Crippen molar-refractivity contribution in [2.75, 3.05) is 6.54 Å². The Kier molecular flexibility index (Phi) is 3.41. The molecule has 0 saturated heterocycles. The van der Waals surface area contributed by atoms with E-state index in [1.165, 1.54) is 6.39 Å². The van der Waals surface area contributed by atoms with Gasteiger partial charge in [0.15, 0.2) is 17.9 Å². The SMILES string of the molecule is CCNCc1ncoc1-c1ccc(CC)o1. The molecule has 0 unspecified atom stereocenters. The van der Waals surface area contributed by atoms with Crippen LogP contribution in [0.5, 0.6) is 0 Å². The Hall–Kier alpha value is -1.55. The number of furan rings is 1. The third-order valence-electron chi connectivity index (χ3n) is 2.42. The largest absolute Gasteiger partial charge is 0.458 e. The van der Waals surface area contributed by atoms with Crippen LogP contribution in [0.4, 0.5) is 0 Å². The quantitative estimate of drug-likeness (QED) is 0.841. The van der Waals surface area contributed by atoms with E-state index >= 15 is 0 Å². The van der Waals surface area contributed by atoms with Crippen molar-refractivity contribution in [3.8, 4) is 11.5 Å². The highest BCUT2D eigenvalue weighted by Gasteiger charge is 2.13.